The van der Waals surface area contributed by atoms with Gasteiger partial charge in [-0.2, -0.15) is 0 Å². The summed E-state index contributed by atoms with van der Waals surface area (Å²) in [6.07, 6.45) is 4.47. The lowest BCUT2D eigenvalue weighted by Gasteiger charge is -2.20. The van der Waals surface area contributed by atoms with Gasteiger partial charge in [0.25, 0.3) is 0 Å². The van der Waals surface area contributed by atoms with Gasteiger partial charge in [0.2, 0.25) is 0 Å². The Morgan fingerprint density at radius 3 is 1.68 bits per heavy atom. The largest absolute Gasteiger partial charge is 0.372 e. The molecule has 0 radical (unpaired) electrons. The fraction of sp³-hybridized carbons (Fsp3) is 0.154. The van der Waals surface area contributed by atoms with Gasteiger partial charge in [-0.05, 0) is 74.6 Å². The van der Waals surface area contributed by atoms with E-state index in [1.165, 1.54) is 42.8 Å². The van der Waals surface area contributed by atoms with Crippen LogP contribution >= 0.6 is 15.9 Å². The average molecular weight is 430 g/mol. The summed E-state index contributed by atoms with van der Waals surface area (Å²) in [6, 6.07) is 26.0. The molecule has 0 aliphatic heterocycles. The molecule has 0 N–H and O–H groups in total. The Labute approximate surface area is 175 Å². The molecule has 0 saturated heterocycles. The van der Waals surface area contributed by atoms with Crippen LogP contribution in [0.5, 0.6) is 0 Å². The summed E-state index contributed by atoms with van der Waals surface area (Å²) in [4.78, 5) is 2.36. The third-order valence-corrected chi connectivity index (χ3v) is 6.23. The lowest BCUT2D eigenvalue weighted by molar-refractivity contribution is 0.866. The van der Waals surface area contributed by atoms with Gasteiger partial charge in [0.15, 0.2) is 0 Å². The monoisotopic (exact) mass is 429 g/mol. The first-order valence-electron chi connectivity index (χ1n) is 9.85. The van der Waals surface area contributed by atoms with Crippen LogP contribution in [0.15, 0.2) is 77.3 Å². The normalized spacial score (nSPS) is 11.5. The fourth-order valence-electron chi connectivity index (χ4n) is 3.85. The van der Waals surface area contributed by atoms with Crippen molar-refractivity contribution in [3.8, 4) is 0 Å². The van der Waals surface area contributed by atoms with E-state index in [9.17, 15) is 0 Å². The van der Waals surface area contributed by atoms with Gasteiger partial charge >= 0.3 is 0 Å². The minimum atomic E-state index is 1.03. The van der Waals surface area contributed by atoms with Gasteiger partial charge in [0, 0.05) is 23.2 Å². The van der Waals surface area contributed by atoms with Gasteiger partial charge in [-0.3, -0.25) is 0 Å². The van der Waals surface area contributed by atoms with Gasteiger partial charge in [-0.1, -0.05) is 72.8 Å². The first-order valence-corrected chi connectivity index (χ1v) is 10.6. The number of benzene rings is 4. The minimum absolute atomic E-state index is 1.03. The molecule has 28 heavy (non-hydrogen) atoms. The molecular formula is C26H24BrN. The van der Waals surface area contributed by atoms with Crippen molar-refractivity contribution in [3.05, 3.63) is 88.4 Å². The van der Waals surface area contributed by atoms with Crippen molar-refractivity contribution in [1.82, 2.24) is 0 Å². The summed E-state index contributed by atoms with van der Waals surface area (Å²) < 4.78 is 1.17. The molecule has 0 fully saturated rings. The van der Waals surface area contributed by atoms with Gasteiger partial charge in [0.1, 0.15) is 0 Å². The third-order valence-electron chi connectivity index (χ3n) is 5.37. The van der Waals surface area contributed by atoms with Crippen LogP contribution < -0.4 is 4.90 Å². The van der Waals surface area contributed by atoms with Crippen LogP contribution in [0.4, 0.5) is 5.69 Å². The maximum absolute atomic E-state index is 3.82. The maximum atomic E-state index is 3.82. The first-order chi connectivity index (χ1) is 13.7. The molecule has 0 saturated carbocycles. The molecule has 1 nitrogen and oxygen atoms in total. The first kappa shape index (κ1) is 18.8. The van der Waals surface area contributed by atoms with Crippen molar-refractivity contribution in [1.29, 1.82) is 0 Å². The maximum Gasteiger partial charge on any atom is 0.0366 e. The summed E-state index contributed by atoms with van der Waals surface area (Å²) in [5.41, 5.74) is 3.76. The Bertz CT molecular complexity index is 1080. The quantitative estimate of drug-likeness (QED) is 0.231. The average Bonchev–Trinajstić information content (AvgIpc) is 2.75. The number of hydrogen-bond acceptors (Lipinski definition) is 1. The van der Waals surface area contributed by atoms with Crippen molar-refractivity contribution in [3.63, 3.8) is 0 Å². The zero-order valence-electron chi connectivity index (χ0n) is 16.3. The van der Waals surface area contributed by atoms with Gasteiger partial charge in [-0.25, -0.2) is 0 Å². The lowest BCUT2D eigenvalue weighted by Crippen LogP contribution is -2.21. The Morgan fingerprint density at radius 2 is 1.18 bits per heavy atom. The molecule has 0 aliphatic rings. The van der Waals surface area contributed by atoms with Crippen molar-refractivity contribution >= 4 is 55.3 Å². The highest BCUT2D eigenvalue weighted by atomic mass is 79.9. The van der Waals surface area contributed by atoms with Crippen LogP contribution in [0.2, 0.25) is 0 Å². The molecule has 0 amide bonds. The lowest BCUT2D eigenvalue weighted by atomic mass is 9.96. The Morgan fingerprint density at radius 1 is 0.679 bits per heavy atom. The van der Waals surface area contributed by atoms with Crippen LogP contribution in [-0.2, 0) is 0 Å². The summed E-state index contributed by atoms with van der Waals surface area (Å²) in [6.45, 7) is 6.45. The van der Waals surface area contributed by atoms with E-state index in [1.807, 2.05) is 0 Å². The van der Waals surface area contributed by atoms with Crippen LogP contribution in [-0.4, -0.2) is 13.1 Å². The summed E-state index contributed by atoms with van der Waals surface area (Å²) in [5, 5.41) is 5.03. The zero-order chi connectivity index (χ0) is 19.5. The molecule has 0 spiro atoms. The predicted octanol–water partition coefficient (Wildman–Crippen LogP) is 7.77. The fourth-order valence-corrected chi connectivity index (χ4v) is 4.54. The molecular weight excluding hydrogens is 406 g/mol. The zero-order valence-corrected chi connectivity index (χ0v) is 17.9. The Balaban J connectivity index is 1.80. The number of fused-ring (bicyclic) bond motifs is 2. The molecule has 0 aliphatic carbocycles. The van der Waals surface area contributed by atoms with Gasteiger partial charge in [-0.15, -0.1) is 0 Å². The molecule has 140 valence electrons. The summed E-state index contributed by atoms with van der Waals surface area (Å²) in [7, 11) is 0. The van der Waals surface area contributed by atoms with Crippen molar-refractivity contribution < 1.29 is 0 Å². The van der Waals surface area contributed by atoms with E-state index in [1.54, 1.807) is 0 Å². The van der Waals surface area contributed by atoms with E-state index in [0.29, 0.717) is 0 Å². The van der Waals surface area contributed by atoms with E-state index >= 15 is 0 Å². The topological polar surface area (TPSA) is 3.24 Å². The standard InChI is InChI=1S/C26H24BrN/c1-3-28(4-2)20-16-13-19(14-17-20)15-18-23-21-9-5-7-11-24(21)26(27)25-12-8-6-10-22(23)25/h5-18H,3-4H2,1-2H3/b18-15+. The second-order valence-corrected chi connectivity index (χ2v) is 7.71. The summed E-state index contributed by atoms with van der Waals surface area (Å²) >= 11 is 3.82. The number of halogens is 1. The van der Waals surface area contributed by atoms with E-state index in [4.69, 9.17) is 0 Å². The van der Waals surface area contributed by atoms with Gasteiger partial charge in [0.05, 0.1) is 0 Å². The Kier molecular flexibility index (Phi) is 5.50. The van der Waals surface area contributed by atoms with E-state index in [2.05, 4.69) is 120 Å². The van der Waals surface area contributed by atoms with E-state index < -0.39 is 0 Å². The number of nitrogens with zero attached hydrogens (tertiary/aromatic N) is 1. The van der Waals surface area contributed by atoms with Gasteiger partial charge < -0.3 is 4.90 Å². The minimum Gasteiger partial charge on any atom is -0.372 e. The van der Waals surface area contributed by atoms with Crippen molar-refractivity contribution in [2.24, 2.45) is 0 Å². The smallest absolute Gasteiger partial charge is 0.0366 e. The summed E-state index contributed by atoms with van der Waals surface area (Å²) in [5.74, 6) is 0. The van der Waals surface area contributed by atoms with E-state index in [0.717, 1.165) is 13.1 Å². The highest BCUT2D eigenvalue weighted by molar-refractivity contribution is 9.10. The van der Waals surface area contributed by atoms with Crippen LogP contribution in [0.1, 0.15) is 25.0 Å². The Hall–Kier alpha value is -2.58. The molecule has 0 atom stereocenters. The molecule has 4 aromatic rings. The molecule has 0 aromatic heterocycles. The highest BCUT2D eigenvalue weighted by Gasteiger charge is 2.10. The van der Waals surface area contributed by atoms with Crippen LogP contribution in [0.3, 0.4) is 0 Å². The molecule has 2 heteroatoms. The molecule has 0 unspecified atom stereocenters. The second kappa shape index (κ2) is 8.20. The molecule has 0 bridgehead atoms. The molecule has 4 rings (SSSR count). The van der Waals surface area contributed by atoms with Crippen LogP contribution in [0.25, 0.3) is 33.7 Å². The third kappa shape index (κ3) is 3.45. The van der Waals surface area contributed by atoms with Crippen molar-refractivity contribution in [2.75, 3.05) is 18.0 Å². The van der Waals surface area contributed by atoms with Crippen LogP contribution in [0, 0.1) is 0 Å². The highest BCUT2D eigenvalue weighted by Crippen LogP contribution is 2.37. The number of hydrogen-bond donors (Lipinski definition) is 0. The molecule has 4 aromatic carbocycles. The number of anilines is 1. The predicted molar refractivity (Wildman–Crippen MR) is 128 cm³/mol. The number of rotatable bonds is 5. The second-order valence-electron chi connectivity index (χ2n) is 6.92. The van der Waals surface area contributed by atoms with E-state index in [-0.39, 0.29) is 0 Å². The SMILES string of the molecule is CCN(CC)c1ccc(/C=C/c2c3ccccc3c(Br)c3ccccc23)cc1. The molecule has 0 heterocycles. The van der Waals surface area contributed by atoms with Crippen molar-refractivity contribution in [2.45, 2.75) is 13.8 Å².